The molecule has 2 N–H and O–H groups in total. The van der Waals surface area contributed by atoms with Crippen molar-refractivity contribution < 1.29 is 4.79 Å². The van der Waals surface area contributed by atoms with Gasteiger partial charge in [-0.05, 0) is 43.9 Å². The Balaban J connectivity index is 1.34. The summed E-state index contributed by atoms with van der Waals surface area (Å²) in [5.41, 5.74) is 2.69. The molecule has 1 heterocycles. The van der Waals surface area contributed by atoms with Gasteiger partial charge in [0.1, 0.15) is 5.82 Å². The van der Waals surface area contributed by atoms with E-state index in [1.807, 2.05) is 32.3 Å². The van der Waals surface area contributed by atoms with Crippen LogP contribution >= 0.6 is 34.8 Å². The first-order valence-corrected chi connectivity index (χ1v) is 12.2. The maximum atomic E-state index is 12.6. The Morgan fingerprint density at radius 3 is 2.39 bits per heavy atom. The van der Waals surface area contributed by atoms with E-state index >= 15 is 0 Å². The number of aromatic nitrogens is 1. The molecule has 1 aromatic heterocycles. The quantitative estimate of drug-likeness (QED) is 0.384. The molecular formula is C25H27Cl3N4O. The van der Waals surface area contributed by atoms with Gasteiger partial charge in [0.05, 0.1) is 22.0 Å². The van der Waals surface area contributed by atoms with Gasteiger partial charge in [-0.2, -0.15) is 0 Å². The van der Waals surface area contributed by atoms with Gasteiger partial charge in [0.15, 0.2) is 0 Å². The highest BCUT2D eigenvalue weighted by Crippen LogP contribution is 2.32. The average molecular weight is 506 g/mol. The number of nitrogens with one attached hydrogen (secondary N) is 2. The molecule has 174 valence electrons. The van der Waals surface area contributed by atoms with Gasteiger partial charge in [0.2, 0.25) is 5.91 Å². The van der Waals surface area contributed by atoms with E-state index in [2.05, 4.69) is 27.7 Å². The standard InChI is InChI=1S/C25H27Cl3N4O/c1-32(2)22-14-23(31-21-6-4-3-5-17(21)22)29-15-7-9-16(10-8-15)30-24(33)13-18-19(26)11-12-20(27)25(18)28/h3-6,11-12,14-16H,7-10,13H2,1-2H3,(H,29,31)(H,30,33)/t15-,16+. The lowest BCUT2D eigenvalue weighted by atomic mass is 9.91. The lowest BCUT2D eigenvalue weighted by molar-refractivity contribution is -0.121. The molecule has 33 heavy (non-hydrogen) atoms. The zero-order chi connectivity index (χ0) is 23.5. The van der Waals surface area contributed by atoms with Gasteiger partial charge < -0.3 is 15.5 Å². The van der Waals surface area contributed by atoms with E-state index in [-0.39, 0.29) is 18.4 Å². The van der Waals surface area contributed by atoms with E-state index in [1.54, 1.807) is 12.1 Å². The predicted octanol–water partition coefficient (Wildman–Crippen LogP) is 6.34. The van der Waals surface area contributed by atoms with Gasteiger partial charge in [0, 0.05) is 53.9 Å². The summed E-state index contributed by atoms with van der Waals surface area (Å²) in [5, 5.41) is 9.06. The first kappa shape index (κ1) is 23.9. The number of para-hydroxylation sites is 1. The second-order valence-electron chi connectivity index (χ2n) is 8.70. The summed E-state index contributed by atoms with van der Waals surface area (Å²) in [6, 6.07) is 14.0. The Morgan fingerprint density at radius 2 is 1.67 bits per heavy atom. The van der Waals surface area contributed by atoms with Crippen LogP contribution in [-0.4, -0.2) is 37.1 Å². The fourth-order valence-electron chi connectivity index (χ4n) is 4.36. The molecule has 0 spiro atoms. The third-order valence-electron chi connectivity index (χ3n) is 6.10. The maximum Gasteiger partial charge on any atom is 0.224 e. The molecule has 2 aromatic carbocycles. The normalized spacial score (nSPS) is 18.2. The van der Waals surface area contributed by atoms with Crippen molar-refractivity contribution in [2.75, 3.05) is 24.3 Å². The summed E-state index contributed by atoms with van der Waals surface area (Å²) in [6.07, 6.45) is 3.82. The highest BCUT2D eigenvalue weighted by Gasteiger charge is 2.24. The number of benzene rings is 2. The number of carbonyl (C=O) groups excluding carboxylic acids is 1. The van der Waals surface area contributed by atoms with Crippen molar-refractivity contribution in [3.05, 3.63) is 63.1 Å². The largest absolute Gasteiger partial charge is 0.377 e. The number of carbonyl (C=O) groups is 1. The molecule has 0 saturated heterocycles. The molecule has 8 heteroatoms. The van der Waals surface area contributed by atoms with E-state index in [0.717, 1.165) is 48.1 Å². The summed E-state index contributed by atoms with van der Waals surface area (Å²) in [5.74, 6) is 0.791. The summed E-state index contributed by atoms with van der Waals surface area (Å²) >= 11 is 18.5. The van der Waals surface area contributed by atoms with Crippen molar-refractivity contribution in [2.24, 2.45) is 0 Å². The highest BCUT2D eigenvalue weighted by atomic mass is 35.5. The molecule has 0 atom stereocenters. The summed E-state index contributed by atoms with van der Waals surface area (Å²) in [6.45, 7) is 0. The number of anilines is 2. The van der Waals surface area contributed by atoms with Crippen molar-refractivity contribution in [2.45, 2.75) is 44.2 Å². The number of rotatable bonds is 6. The topological polar surface area (TPSA) is 57.3 Å². The van der Waals surface area contributed by atoms with Gasteiger partial charge in [-0.25, -0.2) is 4.98 Å². The predicted molar refractivity (Wildman–Crippen MR) is 139 cm³/mol. The van der Waals surface area contributed by atoms with E-state index in [0.29, 0.717) is 26.7 Å². The Morgan fingerprint density at radius 1 is 1.00 bits per heavy atom. The Kier molecular flexibility index (Phi) is 7.52. The van der Waals surface area contributed by atoms with Crippen LogP contribution in [0.1, 0.15) is 31.2 Å². The van der Waals surface area contributed by atoms with Crippen molar-refractivity contribution in [1.82, 2.24) is 10.3 Å². The Bertz CT molecular complexity index is 1160. The number of halogens is 3. The molecular weight excluding hydrogens is 479 g/mol. The third-order valence-corrected chi connectivity index (χ3v) is 7.29. The number of nitrogens with zero attached hydrogens (tertiary/aromatic N) is 2. The molecule has 1 saturated carbocycles. The summed E-state index contributed by atoms with van der Waals surface area (Å²) in [7, 11) is 4.09. The van der Waals surface area contributed by atoms with Gasteiger partial charge in [-0.3, -0.25) is 4.79 Å². The molecule has 1 aliphatic rings. The maximum absolute atomic E-state index is 12.6. The molecule has 5 nitrogen and oxygen atoms in total. The van der Waals surface area contributed by atoms with Crippen LogP contribution < -0.4 is 15.5 Å². The van der Waals surface area contributed by atoms with Crippen LogP contribution in [0.4, 0.5) is 11.5 Å². The zero-order valence-electron chi connectivity index (χ0n) is 18.7. The molecule has 0 unspecified atom stereocenters. The number of hydrogen-bond donors (Lipinski definition) is 2. The minimum absolute atomic E-state index is 0.0932. The first-order valence-electron chi connectivity index (χ1n) is 11.1. The van der Waals surface area contributed by atoms with Crippen LogP contribution in [0.25, 0.3) is 10.9 Å². The minimum atomic E-state index is -0.0932. The van der Waals surface area contributed by atoms with Crippen LogP contribution in [0.5, 0.6) is 0 Å². The van der Waals surface area contributed by atoms with E-state index in [1.165, 1.54) is 0 Å². The fraction of sp³-hybridized carbons (Fsp3) is 0.360. The zero-order valence-corrected chi connectivity index (χ0v) is 20.9. The van der Waals surface area contributed by atoms with Crippen LogP contribution in [-0.2, 0) is 11.2 Å². The third kappa shape index (κ3) is 5.65. The number of pyridine rings is 1. The second-order valence-corrected chi connectivity index (χ2v) is 9.89. The number of hydrogen-bond acceptors (Lipinski definition) is 4. The Hall–Kier alpha value is -2.21. The second kappa shape index (κ2) is 10.4. The van der Waals surface area contributed by atoms with E-state index in [4.69, 9.17) is 39.8 Å². The summed E-state index contributed by atoms with van der Waals surface area (Å²) in [4.78, 5) is 19.5. The average Bonchev–Trinajstić information content (AvgIpc) is 2.80. The lowest BCUT2D eigenvalue weighted by Gasteiger charge is -2.30. The molecule has 1 amide bonds. The number of fused-ring (bicyclic) bond motifs is 1. The first-order chi connectivity index (χ1) is 15.8. The Labute approximate surface area is 209 Å². The smallest absolute Gasteiger partial charge is 0.224 e. The van der Waals surface area contributed by atoms with Crippen molar-refractivity contribution in [3.8, 4) is 0 Å². The molecule has 0 bridgehead atoms. The number of amides is 1. The fourth-order valence-corrected chi connectivity index (χ4v) is 5.04. The molecule has 1 aliphatic carbocycles. The molecule has 4 rings (SSSR count). The minimum Gasteiger partial charge on any atom is -0.377 e. The molecule has 3 aromatic rings. The van der Waals surface area contributed by atoms with Crippen LogP contribution in [0.2, 0.25) is 15.1 Å². The van der Waals surface area contributed by atoms with E-state index in [9.17, 15) is 4.79 Å². The van der Waals surface area contributed by atoms with Crippen LogP contribution in [0.15, 0.2) is 42.5 Å². The van der Waals surface area contributed by atoms with Crippen molar-refractivity contribution in [3.63, 3.8) is 0 Å². The molecule has 0 aliphatic heterocycles. The van der Waals surface area contributed by atoms with Crippen molar-refractivity contribution >= 4 is 63.1 Å². The van der Waals surface area contributed by atoms with Gasteiger partial charge in [0.25, 0.3) is 0 Å². The van der Waals surface area contributed by atoms with Gasteiger partial charge in [-0.1, -0.05) is 53.0 Å². The monoisotopic (exact) mass is 504 g/mol. The van der Waals surface area contributed by atoms with Gasteiger partial charge in [-0.15, -0.1) is 0 Å². The SMILES string of the molecule is CN(C)c1cc(N[C@H]2CC[C@@H](NC(=O)Cc3c(Cl)ccc(Cl)c3Cl)CC2)nc2ccccc12. The highest BCUT2D eigenvalue weighted by molar-refractivity contribution is 6.44. The van der Waals surface area contributed by atoms with Crippen LogP contribution in [0.3, 0.4) is 0 Å². The lowest BCUT2D eigenvalue weighted by Crippen LogP contribution is -2.40. The van der Waals surface area contributed by atoms with Gasteiger partial charge >= 0.3 is 0 Å². The summed E-state index contributed by atoms with van der Waals surface area (Å²) < 4.78 is 0. The van der Waals surface area contributed by atoms with Crippen molar-refractivity contribution in [1.29, 1.82) is 0 Å². The molecule has 1 fully saturated rings. The van der Waals surface area contributed by atoms with Crippen LogP contribution in [0, 0.1) is 0 Å². The molecule has 0 radical (unpaired) electrons. The van der Waals surface area contributed by atoms with E-state index < -0.39 is 0 Å².